The van der Waals surface area contributed by atoms with Crippen LogP contribution >= 0.6 is 7.26 Å². The van der Waals surface area contributed by atoms with Crippen LogP contribution in [0.1, 0.15) is 31.0 Å². The minimum atomic E-state index is -3.63. The standard InChI is InChI=1S/C33H32FN3O2PS/c1-24(2)31-30(32(25-19-21-26(34)22-20-25)36-33(35-31)37-41(3,38)39)23-40(27-13-7-4-8-14-27,28-15-9-5-10-16-28)29-17-11-6-12-18-29/h4-22,24H,23H2,1-3H3,(H,35,36,37)/q+1. The smallest absolute Gasteiger partial charge is 0.237 e. The van der Waals surface area contributed by atoms with E-state index in [0.29, 0.717) is 17.4 Å². The fourth-order valence-corrected chi connectivity index (χ4v) is 9.89. The summed E-state index contributed by atoms with van der Waals surface area (Å²) in [6.07, 6.45) is 1.66. The summed E-state index contributed by atoms with van der Waals surface area (Å²) in [5.41, 5.74) is 2.93. The molecule has 4 aromatic carbocycles. The summed E-state index contributed by atoms with van der Waals surface area (Å²) < 4.78 is 40.9. The molecule has 0 fully saturated rings. The Morgan fingerprint density at radius 1 is 0.732 bits per heavy atom. The molecule has 1 N–H and O–H groups in total. The van der Waals surface area contributed by atoms with E-state index in [2.05, 4.69) is 77.5 Å². The number of sulfonamides is 1. The zero-order chi connectivity index (χ0) is 29.0. The molecule has 0 aliphatic heterocycles. The van der Waals surface area contributed by atoms with Gasteiger partial charge in [-0.1, -0.05) is 68.4 Å². The summed E-state index contributed by atoms with van der Waals surface area (Å²) >= 11 is 0. The highest BCUT2D eigenvalue weighted by atomic mass is 32.2. The van der Waals surface area contributed by atoms with Crippen molar-refractivity contribution in [2.24, 2.45) is 0 Å². The third kappa shape index (κ3) is 6.22. The maximum Gasteiger partial charge on any atom is 0.237 e. The van der Waals surface area contributed by atoms with Gasteiger partial charge in [0.1, 0.15) is 35.2 Å². The number of nitrogens with zero attached hydrogens (tertiary/aromatic N) is 2. The highest BCUT2D eigenvalue weighted by molar-refractivity contribution is 7.95. The molecule has 0 spiro atoms. The van der Waals surface area contributed by atoms with Crippen LogP contribution in [0.2, 0.25) is 0 Å². The largest absolute Gasteiger partial charge is 0.251 e. The molecule has 0 amide bonds. The Bertz CT molecular complexity index is 1640. The summed E-state index contributed by atoms with van der Waals surface area (Å²) in [5, 5.41) is 3.61. The third-order valence-corrected chi connectivity index (χ3v) is 11.8. The van der Waals surface area contributed by atoms with Crippen molar-refractivity contribution in [1.82, 2.24) is 9.97 Å². The molecule has 1 aromatic heterocycles. The maximum atomic E-state index is 14.0. The average Bonchev–Trinajstić information content (AvgIpc) is 2.97. The number of hydrogen-bond acceptors (Lipinski definition) is 4. The zero-order valence-corrected chi connectivity index (χ0v) is 24.9. The van der Waals surface area contributed by atoms with Crippen LogP contribution in [0.4, 0.5) is 10.3 Å². The number of nitrogens with one attached hydrogen (secondary N) is 1. The second-order valence-corrected chi connectivity index (χ2v) is 15.5. The molecule has 5 rings (SSSR count). The molecule has 0 saturated carbocycles. The van der Waals surface area contributed by atoms with Crippen molar-refractivity contribution in [3.8, 4) is 11.3 Å². The Balaban J connectivity index is 1.87. The van der Waals surface area contributed by atoms with E-state index in [1.54, 1.807) is 12.1 Å². The van der Waals surface area contributed by atoms with Gasteiger partial charge in [-0.25, -0.2) is 22.8 Å². The Hall–Kier alpha value is -3.93. The number of anilines is 1. The molecule has 0 bridgehead atoms. The molecule has 0 unspecified atom stereocenters. The molecule has 1 heterocycles. The molecule has 0 saturated heterocycles. The average molecular weight is 585 g/mol. The predicted molar refractivity (Wildman–Crippen MR) is 169 cm³/mol. The van der Waals surface area contributed by atoms with E-state index >= 15 is 0 Å². The fraction of sp³-hybridized carbons (Fsp3) is 0.152. The first-order valence-corrected chi connectivity index (χ1v) is 17.2. The summed E-state index contributed by atoms with van der Waals surface area (Å²) in [7, 11) is -5.98. The van der Waals surface area contributed by atoms with Crippen molar-refractivity contribution in [2.75, 3.05) is 11.0 Å². The SMILES string of the molecule is CC(C)c1nc(NS(C)(=O)=O)nc(-c2ccc(F)cc2)c1C[P+](c1ccccc1)(c1ccccc1)c1ccccc1. The van der Waals surface area contributed by atoms with Crippen LogP contribution in [-0.4, -0.2) is 24.6 Å². The molecule has 0 aliphatic rings. The van der Waals surface area contributed by atoms with Gasteiger partial charge < -0.3 is 0 Å². The lowest BCUT2D eigenvalue weighted by Crippen LogP contribution is -2.33. The van der Waals surface area contributed by atoms with Crippen LogP contribution in [-0.2, 0) is 16.2 Å². The first kappa shape index (κ1) is 28.6. The third-order valence-electron chi connectivity index (χ3n) is 6.97. The second-order valence-electron chi connectivity index (χ2n) is 10.3. The molecule has 5 aromatic rings. The lowest BCUT2D eigenvalue weighted by atomic mass is 9.99. The lowest BCUT2D eigenvalue weighted by Gasteiger charge is -2.29. The van der Waals surface area contributed by atoms with E-state index < -0.39 is 17.3 Å². The van der Waals surface area contributed by atoms with Gasteiger partial charge in [-0.2, -0.15) is 0 Å². The summed E-state index contributed by atoms with van der Waals surface area (Å²) in [6, 6.07) is 37.7. The maximum absolute atomic E-state index is 14.0. The summed E-state index contributed by atoms with van der Waals surface area (Å²) in [4.78, 5) is 9.53. The van der Waals surface area contributed by atoms with Crippen molar-refractivity contribution < 1.29 is 12.8 Å². The van der Waals surface area contributed by atoms with Gasteiger partial charge in [-0.15, -0.1) is 0 Å². The van der Waals surface area contributed by atoms with Crippen LogP contribution in [0, 0.1) is 5.82 Å². The van der Waals surface area contributed by atoms with Crippen molar-refractivity contribution in [1.29, 1.82) is 0 Å². The fourth-order valence-electron chi connectivity index (χ4n) is 5.20. The lowest BCUT2D eigenvalue weighted by molar-refractivity contribution is 0.606. The zero-order valence-electron chi connectivity index (χ0n) is 23.2. The van der Waals surface area contributed by atoms with Crippen LogP contribution in [0.15, 0.2) is 115 Å². The molecule has 8 heteroatoms. The first-order chi connectivity index (χ1) is 19.7. The van der Waals surface area contributed by atoms with Crippen LogP contribution < -0.4 is 20.6 Å². The predicted octanol–water partition coefficient (Wildman–Crippen LogP) is 6.27. The Labute approximate surface area is 241 Å². The van der Waals surface area contributed by atoms with Gasteiger partial charge in [0.25, 0.3) is 0 Å². The molecule has 5 nitrogen and oxygen atoms in total. The molecular formula is C33H32FN3O2PS+. The van der Waals surface area contributed by atoms with E-state index in [-0.39, 0.29) is 17.7 Å². The minimum Gasteiger partial charge on any atom is -0.251 e. The highest BCUT2D eigenvalue weighted by Crippen LogP contribution is 2.59. The Kier molecular flexibility index (Phi) is 8.30. The highest BCUT2D eigenvalue weighted by Gasteiger charge is 2.47. The number of benzene rings is 4. The van der Waals surface area contributed by atoms with Crippen LogP contribution in [0.5, 0.6) is 0 Å². The van der Waals surface area contributed by atoms with E-state index in [1.807, 2.05) is 32.0 Å². The molecule has 0 atom stereocenters. The van der Waals surface area contributed by atoms with E-state index in [1.165, 1.54) is 28.0 Å². The van der Waals surface area contributed by atoms with Gasteiger partial charge in [0.15, 0.2) is 0 Å². The normalized spacial score (nSPS) is 11.9. The molecule has 0 aliphatic carbocycles. The second kappa shape index (κ2) is 11.9. The van der Waals surface area contributed by atoms with Crippen molar-refractivity contribution in [3.05, 3.63) is 132 Å². The van der Waals surface area contributed by atoms with Crippen molar-refractivity contribution >= 4 is 39.1 Å². The van der Waals surface area contributed by atoms with Gasteiger partial charge >= 0.3 is 0 Å². The van der Waals surface area contributed by atoms with Crippen LogP contribution in [0.25, 0.3) is 11.3 Å². The quantitative estimate of drug-likeness (QED) is 0.207. The number of aromatic nitrogens is 2. The number of hydrogen-bond donors (Lipinski definition) is 1. The molecule has 208 valence electrons. The van der Waals surface area contributed by atoms with Gasteiger partial charge in [-0.3, -0.25) is 4.72 Å². The van der Waals surface area contributed by atoms with Gasteiger partial charge in [0.2, 0.25) is 16.0 Å². The first-order valence-electron chi connectivity index (χ1n) is 13.4. The molecule has 41 heavy (non-hydrogen) atoms. The van der Waals surface area contributed by atoms with Crippen molar-refractivity contribution in [3.63, 3.8) is 0 Å². The molecule has 0 radical (unpaired) electrons. The van der Waals surface area contributed by atoms with Crippen molar-refractivity contribution in [2.45, 2.75) is 25.9 Å². The topological polar surface area (TPSA) is 72.0 Å². The van der Waals surface area contributed by atoms with E-state index in [9.17, 15) is 12.8 Å². The van der Waals surface area contributed by atoms with Gasteiger partial charge in [0.05, 0.1) is 17.6 Å². The summed E-state index contributed by atoms with van der Waals surface area (Å²) in [5.74, 6) is -0.401. The van der Waals surface area contributed by atoms with Gasteiger partial charge in [0, 0.05) is 11.1 Å². The van der Waals surface area contributed by atoms with E-state index in [0.717, 1.165) is 17.5 Å². The van der Waals surface area contributed by atoms with Crippen LogP contribution in [0.3, 0.4) is 0 Å². The number of rotatable bonds is 9. The summed E-state index contributed by atoms with van der Waals surface area (Å²) in [6.45, 7) is 4.08. The molecular weight excluding hydrogens is 552 g/mol. The Morgan fingerprint density at radius 2 is 1.20 bits per heavy atom. The van der Waals surface area contributed by atoms with E-state index in [4.69, 9.17) is 9.97 Å². The van der Waals surface area contributed by atoms with Gasteiger partial charge in [-0.05, 0) is 66.6 Å². The minimum absolute atomic E-state index is 0.00217. The number of halogens is 1. The monoisotopic (exact) mass is 584 g/mol. The Morgan fingerprint density at radius 3 is 1.61 bits per heavy atom.